The van der Waals surface area contributed by atoms with Crippen molar-refractivity contribution in [1.82, 2.24) is 30.4 Å². The third-order valence-electron chi connectivity index (χ3n) is 12.6. The molecule has 3 heterocycles. The number of rotatable bonds is 15. The zero-order valence-electron chi connectivity index (χ0n) is 35.5. The molecule has 2 aliphatic heterocycles. The SMILES string of the molecule is CNC(=O)C(CCC=O)N(C)C(=O)C1=CC(N[C@H]2C[C@@H](Oc3ccc(C(C)(C)c4ccc(N5CCc6cnc(N7CCN(C)CC7)nc6C5)cc4)cc3)C2)=CCC=C1C=O. The van der Waals surface area contributed by atoms with Crippen LogP contribution >= 0.6 is 0 Å². The Bertz CT molecular complexity index is 2130. The Kier molecular flexibility index (Phi) is 13.1. The Morgan fingerprint density at radius 3 is 2.33 bits per heavy atom. The summed E-state index contributed by atoms with van der Waals surface area (Å²) in [5, 5.41) is 6.08. The third-order valence-corrected chi connectivity index (χ3v) is 12.6. The molecule has 2 aromatic carbocycles. The van der Waals surface area contributed by atoms with Crippen molar-refractivity contribution in [2.24, 2.45) is 0 Å². The van der Waals surface area contributed by atoms with Crippen molar-refractivity contribution in [3.63, 3.8) is 0 Å². The zero-order valence-corrected chi connectivity index (χ0v) is 35.5. The molecule has 13 nitrogen and oxygen atoms in total. The van der Waals surface area contributed by atoms with Crippen LogP contribution in [0.5, 0.6) is 5.75 Å². The summed E-state index contributed by atoms with van der Waals surface area (Å²) in [4.78, 5) is 67.4. The van der Waals surface area contributed by atoms with Gasteiger partial charge in [-0.1, -0.05) is 50.3 Å². The lowest BCUT2D eigenvalue weighted by Gasteiger charge is -2.37. The van der Waals surface area contributed by atoms with Gasteiger partial charge in [0, 0.05) is 101 Å². The number of allylic oxidation sites excluding steroid dienone is 3. The average Bonchev–Trinajstić information content (AvgIpc) is 3.47. The first kappa shape index (κ1) is 42.3. The predicted molar refractivity (Wildman–Crippen MR) is 233 cm³/mol. The van der Waals surface area contributed by atoms with Gasteiger partial charge in [-0.15, -0.1) is 0 Å². The van der Waals surface area contributed by atoms with Crippen molar-refractivity contribution in [2.45, 2.75) is 82.5 Å². The molecule has 4 aliphatic rings. The van der Waals surface area contributed by atoms with Gasteiger partial charge in [0.25, 0.3) is 5.91 Å². The molecule has 0 bridgehead atoms. The molecule has 60 heavy (non-hydrogen) atoms. The first-order valence-corrected chi connectivity index (χ1v) is 21.1. The molecule has 1 aromatic heterocycles. The van der Waals surface area contributed by atoms with Gasteiger partial charge < -0.3 is 39.8 Å². The van der Waals surface area contributed by atoms with E-state index >= 15 is 0 Å². The number of nitrogens with one attached hydrogen (secondary N) is 2. The first-order valence-electron chi connectivity index (χ1n) is 21.1. The summed E-state index contributed by atoms with van der Waals surface area (Å²) in [5.74, 6) is 0.835. The maximum absolute atomic E-state index is 13.7. The van der Waals surface area contributed by atoms with Crippen LogP contribution in [0.3, 0.4) is 0 Å². The smallest absolute Gasteiger partial charge is 0.255 e. The Hall–Kier alpha value is -5.82. The zero-order chi connectivity index (χ0) is 42.4. The van der Waals surface area contributed by atoms with E-state index in [1.54, 1.807) is 12.2 Å². The molecule has 7 rings (SSSR count). The Morgan fingerprint density at radius 1 is 0.967 bits per heavy atom. The van der Waals surface area contributed by atoms with Gasteiger partial charge in [0.15, 0.2) is 6.29 Å². The van der Waals surface area contributed by atoms with Crippen molar-refractivity contribution < 1.29 is 23.9 Å². The van der Waals surface area contributed by atoms with Crippen molar-refractivity contribution in [1.29, 1.82) is 0 Å². The molecule has 1 saturated carbocycles. The maximum Gasteiger partial charge on any atom is 0.255 e. The van der Waals surface area contributed by atoms with E-state index in [1.165, 1.54) is 41.4 Å². The fourth-order valence-electron chi connectivity index (χ4n) is 8.43. The number of carbonyl (C=O) groups is 4. The number of ether oxygens (including phenoxy) is 1. The van der Waals surface area contributed by atoms with E-state index in [0.717, 1.165) is 87.9 Å². The fourth-order valence-corrected chi connectivity index (χ4v) is 8.43. The van der Waals surface area contributed by atoms with Gasteiger partial charge in [-0.05, 0) is 73.3 Å². The standard InChI is InChI=1S/C47H58N8O5/c1-47(2,34-11-15-38(16-12-34)55-20-19-32-29-49-46(51-42(32)30-55)54-23-21-52(4)22-24-54)35-13-17-39(18-14-35)60-40-26-37(27-40)50-36-9-6-8-33(31-57)41(28-36)45(59)53(5)43(10-7-25-56)44(58)48-3/h8-9,11-18,25,28-29,31,37,40,43,50H,6-7,10,19-24,26-27,30H2,1-5H3,(H,48,58)/t37-,40+,43?. The van der Waals surface area contributed by atoms with E-state index in [4.69, 9.17) is 14.7 Å². The summed E-state index contributed by atoms with van der Waals surface area (Å²) in [6.07, 6.45) is 12.1. The van der Waals surface area contributed by atoms with E-state index in [9.17, 15) is 19.2 Å². The lowest BCUT2D eigenvalue weighted by molar-refractivity contribution is -0.136. The van der Waals surface area contributed by atoms with Gasteiger partial charge in [0.2, 0.25) is 11.9 Å². The topological polar surface area (TPSA) is 140 Å². The largest absolute Gasteiger partial charge is 0.490 e. The number of hydrogen-bond acceptors (Lipinski definition) is 11. The number of amides is 2. The van der Waals surface area contributed by atoms with Crippen LogP contribution in [0.25, 0.3) is 0 Å². The number of piperazine rings is 1. The molecule has 2 aliphatic carbocycles. The monoisotopic (exact) mass is 814 g/mol. The van der Waals surface area contributed by atoms with Gasteiger partial charge >= 0.3 is 0 Å². The van der Waals surface area contributed by atoms with Gasteiger partial charge in [0.05, 0.1) is 17.8 Å². The minimum Gasteiger partial charge on any atom is -0.490 e. The lowest BCUT2D eigenvalue weighted by atomic mass is 9.78. The first-order chi connectivity index (χ1) is 29.0. The fraction of sp³-hybridized carbons (Fsp3) is 0.447. The number of hydrogen-bond donors (Lipinski definition) is 2. The van der Waals surface area contributed by atoms with Crippen LogP contribution < -0.4 is 25.2 Å². The number of fused-ring (bicyclic) bond motifs is 1. The van der Waals surface area contributed by atoms with E-state index in [1.807, 2.05) is 24.4 Å². The van der Waals surface area contributed by atoms with E-state index in [0.29, 0.717) is 12.7 Å². The van der Waals surface area contributed by atoms with E-state index < -0.39 is 11.9 Å². The molecule has 1 saturated heterocycles. The average molecular weight is 815 g/mol. The summed E-state index contributed by atoms with van der Waals surface area (Å²) < 4.78 is 6.36. The summed E-state index contributed by atoms with van der Waals surface area (Å²) in [6, 6.07) is 16.7. The van der Waals surface area contributed by atoms with Crippen LogP contribution in [0.4, 0.5) is 11.6 Å². The summed E-state index contributed by atoms with van der Waals surface area (Å²) in [5.41, 5.74) is 7.00. The summed E-state index contributed by atoms with van der Waals surface area (Å²) >= 11 is 0. The Morgan fingerprint density at radius 2 is 1.67 bits per heavy atom. The van der Waals surface area contributed by atoms with Crippen LogP contribution in [-0.2, 0) is 37.6 Å². The van der Waals surface area contributed by atoms with Gasteiger partial charge in [-0.2, -0.15) is 0 Å². The van der Waals surface area contributed by atoms with Gasteiger partial charge in [0.1, 0.15) is 24.2 Å². The molecule has 0 radical (unpaired) electrons. The second kappa shape index (κ2) is 18.6. The second-order valence-corrected chi connectivity index (χ2v) is 16.9. The molecule has 0 spiro atoms. The van der Waals surface area contributed by atoms with Crippen LogP contribution in [-0.4, -0.2) is 116 Å². The highest BCUT2D eigenvalue weighted by molar-refractivity contribution is 6.06. The molecular weight excluding hydrogens is 757 g/mol. The number of aldehydes is 2. The summed E-state index contributed by atoms with van der Waals surface area (Å²) in [7, 11) is 5.17. The molecule has 2 amide bonds. The van der Waals surface area contributed by atoms with Gasteiger partial charge in [-0.3, -0.25) is 14.4 Å². The molecular formula is C47H58N8O5. The number of nitrogens with zero attached hydrogens (tertiary/aromatic N) is 6. The molecule has 3 aromatic rings. The van der Waals surface area contributed by atoms with Crippen LogP contribution in [0.2, 0.25) is 0 Å². The number of benzene rings is 2. The Labute approximate surface area is 353 Å². The molecule has 2 N–H and O–H groups in total. The molecule has 2 fully saturated rings. The quantitative estimate of drug-likeness (QED) is 0.210. The van der Waals surface area contributed by atoms with Crippen LogP contribution in [0.1, 0.15) is 68.3 Å². The highest BCUT2D eigenvalue weighted by atomic mass is 16.5. The molecule has 13 heteroatoms. The molecule has 1 atom stereocenters. The predicted octanol–water partition coefficient (Wildman–Crippen LogP) is 4.51. The van der Waals surface area contributed by atoms with Crippen LogP contribution in [0.15, 0.2) is 89.8 Å². The van der Waals surface area contributed by atoms with Crippen molar-refractivity contribution >= 4 is 36.0 Å². The molecule has 1 unspecified atom stereocenters. The lowest BCUT2D eigenvalue weighted by Crippen LogP contribution is -2.47. The normalized spacial score (nSPS) is 19.9. The van der Waals surface area contributed by atoms with Crippen molar-refractivity contribution in [3.8, 4) is 5.75 Å². The highest BCUT2D eigenvalue weighted by Gasteiger charge is 2.33. The van der Waals surface area contributed by atoms with Crippen molar-refractivity contribution in [3.05, 3.63) is 112 Å². The minimum absolute atomic E-state index is 0.0397. The number of carbonyl (C=O) groups excluding carboxylic acids is 4. The third kappa shape index (κ3) is 9.46. The van der Waals surface area contributed by atoms with Gasteiger partial charge in [-0.25, -0.2) is 9.97 Å². The van der Waals surface area contributed by atoms with Crippen molar-refractivity contribution in [2.75, 3.05) is 63.7 Å². The maximum atomic E-state index is 13.7. The van der Waals surface area contributed by atoms with E-state index in [-0.39, 0.29) is 47.5 Å². The molecule has 316 valence electrons. The highest BCUT2D eigenvalue weighted by Crippen LogP contribution is 2.35. The van der Waals surface area contributed by atoms with Crippen LogP contribution in [0, 0.1) is 0 Å². The summed E-state index contributed by atoms with van der Waals surface area (Å²) in [6.45, 7) is 10.2. The Balaban J connectivity index is 0.920. The number of aromatic nitrogens is 2. The van der Waals surface area contributed by atoms with E-state index in [2.05, 4.69) is 82.6 Å². The second-order valence-electron chi connectivity index (χ2n) is 16.9. The minimum atomic E-state index is -0.844. The number of likely N-dealkylation sites (N-methyl/N-ethyl adjacent to an activating group) is 3. The number of anilines is 2.